The third kappa shape index (κ3) is 5.20. The van der Waals surface area contributed by atoms with Crippen molar-refractivity contribution in [2.75, 3.05) is 0 Å². The summed E-state index contributed by atoms with van der Waals surface area (Å²) >= 11 is -3.18. The predicted molar refractivity (Wildman–Crippen MR) is 220 cm³/mol. The van der Waals surface area contributed by atoms with Gasteiger partial charge in [0.15, 0.2) is 0 Å². The van der Waals surface area contributed by atoms with Crippen molar-refractivity contribution in [3.05, 3.63) is 128 Å². The molecule has 4 aromatic rings. The van der Waals surface area contributed by atoms with Crippen LogP contribution < -0.4 is 0 Å². The number of aryl methyl sites for hydroxylation is 2. The zero-order valence-electron chi connectivity index (χ0n) is 33.4. The van der Waals surface area contributed by atoms with E-state index in [0.29, 0.717) is 18.4 Å². The second-order valence-corrected chi connectivity index (χ2v) is 41.7. The first-order valence-corrected chi connectivity index (χ1v) is 32.7. The zero-order valence-corrected chi connectivity index (χ0v) is 38.0. The van der Waals surface area contributed by atoms with Crippen LogP contribution in [0.4, 0.5) is 0 Å². The normalized spacial score (nSPS) is 20.3. The Balaban J connectivity index is 1.46. The number of fused-ring (bicyclic) bond motifs is 6. The molecule has 0 amide bonds. The van der Waals surface area contributed by atoms with Crippen LogP contribution in [-0.2, 0) is 30.8 Å². The fourth-order valence-electron chi connectivity index (χ4n) is 10.8. The Bertz CT molecular complexity index is 1940. The topological polar surface area (TPSA) is 0 Å². The molecule has 3 aliphatic rings. The minimum atomic E-state index is -3.18. The molecule has 50 heavy (non-hydrogen) atoms. The Labute approximate surface area is 309 Å². The molecule has 0 spiro atoms. The van der Waals surface area contributed by atoms with Gasteiger partial charge in [0, 0.05) is 0 Å². The van der Waals surface area contributed by atoms with Crippen LogP contribution in [0, 0.1) is 13.8 Å². The molecular formula is C48H60HfSi. The maximum absolute atomic E-state index is 3.18. The first-order valence-electron chi connectivity index (χ1n) is 19.2. The Hall–Kier alpha value is -2.55. The molecule has 0 saturated carbocycles. The molecule has 4 aromatic carbocycles. The van der Waals surface area contributed by atoms with E-state index in [4.69, 9.17) is 0 Å². The second kappa shape index (κ2) is 12.0. The third-order valence-corrected chi connectivity index (χ3v) is 36.8. The van der Waals surface area contributed by atoms with Gasteiger partial charge >= 0.3 is 312 Å². The molecule has 1 fully saturated rings. The predicted octanol–water partition coefficient (Wildman–Crippen LogP) is 14.4. The van der Waals surface area contributed by atoms with Crippen molar-refractivity contribution in [3.63, 3.8) is 0 Å². The van der Waals surface area contributed by atoms with Crippen LogP contribution in [0.15, 0.2) is 83.2 Å². The van der Waals surface area contributed by atoms with Gasteiger partial charge in [-0.2, -0.15) is 0 Å². The van der Waals surface area contributed by atoms with Crippen molar-refractivity contribution in [2.24, 2.45) is 0 Å². The van der Waals surface area contributed by atoms with Crippen LogP contribution in [0.2, 0.25) is 20.4 Å². The van der Waals surface area contributed by atoms with Gasteiger partial charge in [-0.05, 0) is 0 Å². The summed E-state index contributed by atoms with van der Waals surface area (Å²) in [6.07, 6.45) is 5.58. The summed E-state index contributed by atoms with van der Waals surface area (Å²) in [5.41, 5.74) is 19.3. The summed E-state index contributed by atoms with van der Waals surface area (Å²) in [5, 5.41) is 3.76. The van der Waals surface area contributed by atoms with Crippen LogP contribution >= 0.6 is 0 Å². The molecule has 1 saturated heterocycles. The average molecular weight is 844 g/mol. The molecule has 2 aliphatic carbocycles. The standard InChI is InChI=1S/C46H54Si.2CH3.Hf/c1-29(2)47(30(3)4,37-25-33-15-13-17-41(43(33)27-37)39-21-19-35(23-31(39)5)45(7,8)9)38-26-34-16-14-18-42(44(34)28-38)40-22-20-36(24-32(40)6)46(10,11)12;;;/h13-30H,1-12H3;2*1H3;. The fourth-order valence-corrected chi connectivity index (χ4v) is 43.5. The Morgan fingerprint density at radius 2 is 0.920 bits per heavy atom. The maximum atomic E-state index is 2.82. The molecule has 0 radical (unpaired) electrons. The van der Waals surface area contributed by atoms with Gasteiger partial charge in [-0.25, -0.2) is 0 Å². The van der Waals surface area contributed by atoms with E-state index in [0.717, 1.165) is 0 Å². The van der Waals surface area contributed by atoms with Crippen LogP contribution in [0.1, 0.15) is 121 Å². The summed E-state index contributed by atoms with van der Waals surface area (Å²) in [5.74, 6) is 0. The van der Waals surface area contributed by atoms with Gasteiger partial charge in [0.05, 0.1) is 0 Å². The summed E-state index contributed by atoms with van der Waals surface area (Å²) < 4.78 is 6.90. The third-order valence-electron chi connectivity index (χ3n) is 13.2. The molecule has 1 aliphatic heterocycles. The van der Waals surface area contributed by atoms with E-state index in [-0.39, 0.29) is 10.8 Å². The molecule has 2 atom stereocenters. The van der Waals surface area contributed by atoms with Crippen molar-refractivity contribution in [2.45, 2.75) is 122 Å². The molecule has 0 nitrogen and oxygen atoms in total. The van der Waals surface area contributed by atoms with E-state index < -0.39 is 28.0 Å². The second-order valence-electron chi connectivity index (χ2n) is 19.2. The minimum absolute atomic E-state index is 0.147. The van der Waals surface area contributed by atoms with E-state index in [2.05, 4.69) is 177 Å². The van der Waals surface area contributed by atoms with E-state index >= 15 is 0 Å². The van der Waals surface area contributed by atoms with E-state index in [1.807, 2.05) is 10.4 Å². The van der Waals surface area contributed by atoms with Gasteiger partial charge in [-0.15, -0.1) is 0 Å². The molecule has 1 heterocycles. The van der Waals surface area contributed by atoms with E-state index in [1.165, 1.54) is 55.6 Å². The monoisotopic (exact) mass is 844 g/mol. The molecule has 0 aromatic heterocycles. The first-order chi connectivity index (χ1) is 23.3. The van der Waals surface area contributed by atoms with Gasteiger partial charge in [0.25, 0.3) is 0 Å². The van der Waals surface area contributed by atoms with Gasteiger partial charge in [-0.1, -0.05) is 0 Å². The van der Waals surface area contributed by atoms with E-state index in [9.17, 15) is 0 Å². The average Bonchev–Trinajstić information content (AvgIpc) is 3.61. The number of benzene rings is 4. The van der Waals surface area contributed by atoms with Crippen molar-refractivity contribution in [3.8, 4) is 22.3 Å². The fraction of sp³-hybridized carbons (Fsp3) is 0.417. The number of hydrogen-bond donors (Lipinski definition) is 0. The molecule has 0 N–H and O–H groups in total. The molecular weight excluding hydrogens is 783 g/mol. The molecule has 2 heteroatoms. The Morgan fingerprint density at radius 3 is 1.24 bits per heavy atom. The van der Waals surface area contributed by atoms with Crippen molar-refractivity contribution in [1.29, 1.82) is 0 Å². The zero-order chi connectivity index (χ0) is 36.3. The van der Waals surface area contributed by atoms with Gasteiger partial charge in [-0.3, -0.25) is 0 Å². The molecule has 7 rings (SSSR count). The van der Waals surface area contributed by atoms with E-state index in [1.54, 1.807) is 11.1 Å². The van der Waals surface area contributed by atoms with Crippen LogP contribution in [0.5, 0.6) is 0 Å². The summed E-state index contributed by atoms with van der Waals surface area (Å²) in [6.45, 7) is 28.9. The van der Waals surface area contributed by atoms with Crippen molar-refractivity contribution >= 4 is 20.2 Å². The quantitative estimate of drug-likeness (QED) is 0.180. The Morgan fingerprint density at radius 1 is 0.540 bits per heavy atom. The van der Waals surface area contributed by atoms with Crippen LogP contribution in [0.3, 0.4) is 0 Å². The number of allylic oxidation sites excluding steroid dienone is 2. The first kappa shape index (κ1) is 35.8. The molecule has 260 valence electrons. The summed E-state index contributed by atoms with van der Waals surface area (Å²) in [6, 6.07) is 29.2. The van der Waals surface area contributed by atoms with Crippen LogP contribution in [-0.4, -0.2) is 8.07 Å². The molecule has 0 bridgehead atoms. The van der Waals surface area contributed by atoms with Crippen molar-refractivity contribution in [1.82, 2.24) is 0 Å². The summed E-state index contributed by atoms with van der Waals surface area (Å²) in [4.78, 5) is 0. The molecule has 2 unspecified atom stereocenters. The number of rotatable bonds is 4. The van der Waals surface area contributed by atoms with Crippen LogP contribution in [0.25, 0.3) is 34.4 Å². The van der Waals surface area contributed by atoms with Gasteiger partial charge < -0.3 is 0 Å². The van der Waals surface area contributed by atoms with Gasteiger partial charge in [0.2, 0.25) is 0 Å². The number of hydrogen-bond acceptors (Lipinski definition) is 0. The summed E-state index contributed by atoms with van der Waals surface area (Å²) in [7, 11) is -2.15. The Kier molecular flexibility index (Phi) is 8.59. The SMILES string of the molecule is Cc1cc(C(C)(C)C)ccc1-c1cccc2c1C=C1[CH]2[Hf]([CH3])([CH3])[CH]2C(=Cc3c(-c4ccc(C(C)(C)C)cc4C)cccc32)[Si]1(C(C)C)C(C)C. The van der Waals surface area contributed by atoms with Crippen molar-refractivity contribution < 1.29 is 20.0 Å². The van der Waals surface area contributed by atoms with Gasteiger partial charge in [0.1, 0.15) is 0 Å².